The SMILES string of the molecule is CCN(C(=O)CNCCN1CCCC1)C1CC1. The highest BCUT2D eigenvalue weighted by molar-refractivity contribution is 5.78. The third kappa shape index (κ3) is 3.96. The van der Waals surface area contributed by atoms with Crippen LogP contribution in [0.5, 0.6) is 0 Å². The van der Waals surface area contributed by atoms with Crippen molar-refractivity contribution in [3.05, 3.63) is 0 Å². The number of carbonyl (C=O) groups is 1. The highest BCUT2D eigenvalue weighted by Crippen LogP contribution is 2.26. The summed E-state index contributed by atoms with van der Waals surface area (Å²) in [5, 5.41) is 3.28. The van der Waals surface area contributed by atoms with Crippen LogP contribution in [-0.4, -0.2) is 61.0 Å². The van der Waals surface area contributed by atoms with Crippen LogP contribution in [0.1, 0.15) is 32.6 Å². The molecular weight excluding hydrogens is 214 g/mol. The summed E-state index contributed by atoms with van der Waals surface area (Å²) in [6.07, 6.45) is 5.08. The summed E-state index contributed by atoms with van der Waals surface area (Å²) < 4.78 is 0. The number of amides is 1. The molecule has 1 aliphatic heterocycles. The van der Waals surface area contributed by atoms with E-state index in [1.807, 2.05) is 4.90 Å². The minimum Gasteiger partial charge on any atom is -0.339 e. The summed E-state index contributed by atoms with van der Waals surface area (Å²) in [4.78, 5) is 16.4. The number of carbonyl (C=O) groups excluding carboxylic acids is 1. The molecule has 0 bridgehead atoms. The van der Waals surface area contributed by atoms with Crippen LogP contribution < -0.4 is 5.32 Å². The molecule has 0 radical (unpaired) electrons. The van der Waals surface area contributed by atoms with Crippen molar-refractivity contribution in [1.29, 1.82) is 0 Å². The number of nitrogens with one attached hydrogen (secondary N) is 1. The maximum atomic E-state index is 11.9. The highest BCUT2D eigenvalue weighted by Gasteiger charge is 2.30. The molecule has 0 spiro atoms. The van der Waals surface area contributed by atoms with Gasteiger partial charge < -0.3 is 15.1 Å². The van der Waals surface area contributed by atoms with Crippen molar-refractivity contribution >= 4 is 5.91 Å². The summed E-state index contributed by atoms with van der Waals surface area (Å²) in [6, 6.07) is 0.549. The summed E-state index contributed by atoms with van der Waals surface area (Å²) in [6.45, 7) is 7.93. The molecular formula is C13H25N3O. The van der Waals surface area contributed by atoms with E-state index in [4.69, 9.17) is 0 Å². The zero-order chi connectivity index (χ0) is 12.1. The normalized spacial score (nSPS) is 20.8. The third-order valence-corrected chi connectivity index (χ3v) is 3.73. The van der Waals surface area contributed by atoms with Gasteiger partial charge in [0, 0.05) is 25.7 Å². The average Bonchev–Trinajstić information content (AvgIpc) is 3.02. The first kappa shape index (κ1) is 12.8. The van der Waals surface area contributed by atoms with E-state index in [-0.39, 0.29) is 5.91 Å². The lowest BCUT2D eigenvalue weighted by atomic mass is 10.4. The number of rotatable bonds is 7. The highest BCUT2D eigenvalue weighted by atomic mass is 16.2. The smallest absolute Gasteiger partial charge is 0.236 e. The summed E-state index contributed by atoms with van der Waals surface area (Å²) in [7, 11) is 0. The molecule has 0 aromatic rings. The fourth-order valence-corrected chi connectivity index (χ4v) is 2.56. The maximum absolute atomic E-state index is 11.9. The molecule has 1 N–H and O–H groups in total. The predicted octanol–water partition coefficient (Wildman–Crippen LogP) is 0.683. The molecule has 2 fully saturated rings. The Labute approximate surface area is 104 Å². The topological polar surface area (TPSA) is 35.6 Å². The Kier molecular flexibility index (Phi) is 4.80. The Hall–Kier alpha value is -0.610. The number of hydrogen-bond donors (Lipinski definition) is 1. The van der Waals surface area contributed by atoms with E-state index < -0.39 is 0 Å². The van der Waals surface area contributed by atoms with Gasteiger partial charge in [-0.3, -0.25) is 4.79 Å². The predicted molar refractivity (Wildman–Crippen MR) is 69.0 cm³/mol. The van der Waals surface area contributed by atoms with Crippen molar-refractivity contribution in [2.75, 3.05) is 39.3 Å². The molecule has 2 rings (SSSR count). The van der Waals surface area contributed by atoms with Gasteiger partial charge >= 0.3 is 0 Å². The average molecular weight is 239 g/mol. The molecule has 0 aromatic heterocycles. The Morgan fingerprint density at radius 3 is 2.65 bits per heavy atom. The summed E-state index contributed by atoms with van der Waals surface area (Å²) in [5.41, 5.74) is 0. The van der Waals surface area contributed by atoms with Crippen molar-refractivity contribution in [3.8, 4) is 0 Å². The van der Waals surface area contributed by atoms with Crippen LogP contribution in [0.25, 0.3) is 0 Å². The van der Waals surface area contributed by atoms with Gasteiger partial charge in [-0.05, 0) is 45.7 Å². The Morgan fingerprint density at radius 1 is 1.35 bits per heavy atom. The molecule has 4 heteroatoms. The van der Waals surface area contributed by atoms with Gasteiger partial charge in [0.15, 0.2) is 0 Å². The van der Waals surface area contributed by atoms with Crippen LogP contribution in [-0.2, 0) is 4.79 Å². The number of likely N-dealkylation sites (tertiary alicyclic amines) is 1. The van der Waals surface area contributed by atoms with Crippen LogP contribution >= 0.6 is 0 Å². The van der Waals surface area contributed by atoms with E-state index in [1.165, 1.54) is 38.8 Å². The number of hydrogen-bond acceptors (Lipinski definition) is 3. The van der Waals surface area contributed by atoms with Gasteiger partial charge in [-0.15, -0.1) is 0 Å². The second kappa shape index (κ2) is 6.36. The number of likely N-dealkylation sites (N-methyl/N-ethyl adjacent to an activating group) is 1. The number of nitrogens with zero attached hydrogens (tertiary/aromatic N) is 2. The van der Waals surface area contributed by atoms with Crippen LogP contribution in [0.2, 0.25) is 0 Å². The molecule has 98 valence electrons. The molecule has 4 nitrogen and oxygen atoms in total. The van der Waals surface area contributed by atoms with Crippen LogP contribution in [0, 0.1) is 0 Å². The molecule has 1 saturated carbocycles. The quantitative estimate of drug-likeness (QED) is 0.664. The van der Waals surface area contributed by atoms with Crippen molar-refractivity contribution in [1.82, 2.24) is 15.1 Å². The first-order chi connectivity index (χ1) is 8.31. The van der Waals surface area contributed by atoms with Gasteiger partial charge in [0.25, 0.3) is 0 Å². The summed E-state index contributed by atoms with van der Waals surface area (Å²) >= 11 is 0. The standard InChI is InChI=1S/C13H25N3O/c1-2-16(12-5-6-12)13(17)11-14-7-10-15-8-3-4-9-15/h12,14H,2-11H2,1H3. The van der Waals surface area contributed by atoms with E-state index in [9.17, 15) is 4.79 Å². The molecule has 0 aromatic carbocycles. The van der Waals surface area contributed by atoms with Crippen molar-refractivity contribution in [3.63, 3.8) is 0 Å². The van der Waals surface area contributed by atoms with E-state index in [2.05, 4.69) is 17.1 Å². The summed E-state index contributed by atoms with van der Waals surface area (Å²) in [5.74, 6) is 0.274. The largest absolute Gasteiger partial charge is 0.339 e. The first-order valence-electron chi connectivity index (χ1n) is 7.04. The molecule has 1 heterocycles. The minimum atomic E-state index is 0.274. The first-order valence-corrected chi connectivity index (χ1v) is 7.04. The molecule has 0 atom stereocenters. The molecule has 0 unspecified atom stereocenters. The second-order valence-corrected chi connectivity index (χ2v) is 5.14. The maximum Gasteiger partial charge on any atom is 0.236 e. The Morgan fingerprint density at radius 2 is 2.06 bits per heavy atom. The van der Waals surface area contributed by atoms with Crippen LogP contribution in [0.4, 0.5) is 0 Å². The van der Waals surface area contributed by atoms with Crippen molar-refractivity contribution in [2.24, 2.45) is 0 Å². The van der Waals surface area contributed by atoms with Crippen LogP contribution in [0.15, 0.2) is 0 Å². The van der Waals surface area contributed by atoms with Gasteiger partial charge in [0.2, 0.25) is 5.91 Å². The fourth-order valence-electron chi connectivity index (χ4n) is 2.56. The van der Waals surface area contributed by atoms with Gasteiger partial charge in [0.1, 0.15) is 0 Å². The van der Waals surface area contributed by atoms with Crippen molar-refractivity contribution < 1.29 is 4.79 Å². The van der Waals surface area contributed by atoms with E-state index in [1.54, 1.807) is 0 Å². The van der Waals surface area contributed by atoms with Gasteiger partial charge in [-0.25, -0.2) is 0 Å². The van der Waals surface area contributed by atoms with Gasteiger partial charge in [-0.1, -0.05) is 0 Å². The molecule has 17 heavy (non-hydrogen) atoms. The zero-order valence-corrected chi connectivity index (χ0v) is 11.0. The van der Waals surface area contributed by atoms with E-state index >= 15 is 0 Å². The minimum absolute atomic E-state index is 0.274. The van der Waals surface area contributed by atoms with Gasteiger partial charge in [0.05, 0.1) is 6.54 Å². The lowest BCUT2D eigenvalue weighted by molar-refractivity contribution is -0.130. The zero-order valence-electron chi connectivity index (χ0n) is 11.0. The van der Waals surface area contributed by atoms with Crippen molar-refractivity contribution in [2.45, 2.75) is 38.6 Å². The van der Waals surface area contributed by atoms with E-state index in [0.717, 1.165) is 19.6 Å². The Balaban J connectivity index is 1.55. The lowest BCUT2D eigenvalue weighted by Crippen LogP contribution is -2.41. The van der Waals surface area contributed by atoms with Crippen LogP contribution in [0.3, 0.4) is 0 Å². The third-order valence-electron chi connectivity index (χ3n) is 3.73. The molecule has 2 aliphatic rings. The Bertz CT molecular complexity index is 247. The molecule has 1 aliphatic carbocycles. The monoisotopic (exact) mass is 239 g/mol. The lowest BCUT2D eigenvalue weighted by Gasteiger charge is -2.21. The molecule has 1 saturated heterocycles. The van der Waals surface area contributed by atoms with E-state index in [0.29, 0.717) is 12.6 Å². The molecule has 1 amide bonds. The van der Waals surface area contributed by atoms with Gasteiger partial charge in [-0.2, -0.15) is 0 Å². The second-order valence-electron chi connectivity index (χ2n) is 5.14. The fraction of sp³-hybridized carbons (Fsp3) is 0.923.